The molecule has 2 aromatic carbocycles. The number of allylic oxidation sites excluding steroid dienone is 1. The molecule has 80 valence electrons. The summed E-state index contributed by atoms with van der Waals surface area (Å²) in [7, 11) is 0. The molecule has 0 spiro atoms. The molecule has 0 nitrogen and oxygen atoms in total. The number of rotatable bonds is 3. The topological polar surface area (TPSA) is 0 Å². The van der Waals surface area contributed by atoms with Crippen LogP contribution >= 0.6 is 0 Å². The van der Waals surface area contributed by atoms with Crippen molar-refractivity contribution in [3.05, 3.63) is 72.3 Å². The minimum absolute atomic E-state index is 0.939. The van der Waals surface area contributed by atoms with E-state index in [1.807, 2.05) is 6.08 Å². The van der Waals surface area contributed by atoms with Gasteiger partial charge in [-0.15, -0.1) is 6.58 Å². The minimum Gasteiger partial charge on any atom is -0.103 e. The van der Waals surface area contributed by atoms with Gasteiger partial charge in [0.2, 0.25) is 0 Å². The zero-order valence-electron chi connectivity index (χ0n) is 9.61. The molecule has 0 amide bonds. The van der Waals surface area contributed by atoms with Gasteiger partial charge in [0.25, 0.3) is 0 Å². The lowest BCUT2D eigenvalue weighted by Gasteiger charge is -2.04. The van der Waals surface area contributed by atoms with E-state index in [9.17, 15) is 0 Å². The summed E-state index contributed by atoms with van der Waals surface area (Å²) >= 11 is 0. The molecule has 0 aromatic heterocycles. The number of aryl methyl sites for hydroxylation is 1. The van der Waals surface area contributed by atoms with Crippen LogP contribution < -0.4 is 0 Å². The lowest BCUT2D eigenvalue weighted by Crippen LogP contribution is -1.82. The zero-order chi connectivity index (χ0) is 11.4. The van der Waals surface area contributed by atoms with Crippen LogP contribution in [0.25, 0.3) is 11.1 Å². The lowest BCUT2D eigenvalue weighted by molar-refractivity contribution is 1.28. The Balaban J connectivity index is 2.31. The standard InChI is InChI=1S/C16H16/c1-3-5-14-8-10-15(11-9-14)16-7-4-6-13(2)12-16/h3-4,6-12H,1,5H2,2H3. The van der Waals surface area contributed by atoms with E-state index >= 15 is 0 Å². The van der Waals surface area contributed by atoms with Gasteiger partial charge in [0.15, 0.2) is 0 Å². The van der Waals surface area contributed by atoms with Crippen molar-refractivity contribution in [2.75, 3.05) is 0 Å². The van der Waals surface area contributed by atoms with E-state index in [2.05, 4.69) is 62.0 Å². The molecule has 0 aliphatic carbocycles. The molecule has 2 aromatic rings. The van der Waals surface area contributed by atoms with Gasteiger partial charge in [0.05, 0.1) is 0 Å². The fourth-order valence-electron chi connectivity index (χ4n) is 1.82. The molecule has 0 heterocycles. The van der Waals surface area contributed by atoms with Crippen molar-refractivity contribution in [3.8, 4) is 11.1 Å². The van der Waals surface area contributed by atoms with Crippen LogP contribution in [0.4, 0.5) is 0 Å². The van der Waals surface area contributed by atoms with E-state index in [1.54, 1.807) is 0 Å². The van der Waals surface area contributed by atoms with E-state index in [4.69, 9.17) is 0 Å². The Hall–Kier alpha value is -1.82. The maximum atomic E-state index is 3.75. The van der Waals surface area contributed by atoms with E-state index in [0.717, 1.165) is 6.42 Å². The molecule has 0 bridgehead atoms. The fourth-order valence-corrected chi connectivity index (χ4v) is 1.82. The van der Waals surface area contributed by atoms with Gasteiger partial charge in [-0.05, 0) is 30.0 Å². The molecular formula is C16H16. The normalized spacial score (nSPS) is 10.1. The number of benzene rings is 2. The van der Waals surface area contributed by atoms with Crippen LogP contribution in [0.15, 0.2) is 61.2 Å². The molecule has 0 heteroatoms. The smallest absolute Gasteiger partial charge is 0.0100 e. The second kappa shape index (κ2) is 4.80. The van der Waals surface area contributed by atoms with Crippen molar-refractivity contribution in [1.82, 2.24) is 0 Å². The molecule has 2 rings (SSSR count). The molecule has 0 fully saturated rings. The SMILES string of the molecule is C=CCc1ccc(-c2cccc(C)c2)cc1. The van der Waals surface area contributed by atoms with Gasteiger partial charge >= 0.3 is 0 Å². The van der Waals surface area contributed by atoms with E-state index in [-0.39, 0.29) is 0 Å². The van der Waals surface area contributed by atoms with Crippen molar-refractivity contribution < 1.29 is 0 Å². The van der Waals surface area contributed by atoms with Gasteiger partial charge in [-0.25, -0.2) is 0 Å². The Kier molecular flexibility index (Phi) is 3.21. The summed E-state index contributed by atoms with van der Waals surface area (Å²) in [6.45, 7) is 5.87. The second-order valence-electron chi connectivity index (χ2n) is 4.06. The summed E-state index contributed by atoms with van der Waals surface area (Å²) in [5.41, 5.74) is 5.17. The molecule has 0 N–H and O–H groups in total. The predicted octanol–water partition coefficient (Wildman–Crippen LogP) is 4.39. The van der Waals surface area contributed by atoms with Crippen LogP contribution in [-0.2, 0) is 6.42 Å². The third kappa shape index (κ3) is 2.40. The monoisotopic (exact) mass is 208 g/mol. The average Bonchev–Trinajstić information content (AvgIpc) is 2.30. The molecule has 16 heavy (non-hydrogen) atoms. The predicted molar refractivity (Wildman–Crippen MR) is 70.5 cm³/mol. The molecule has 0 aliphatic heterocycles. The van der Waals surface area contributed by atoms with Crippen molar-refractivity contribution >= 4 is 0 Å². The highest BCUT2D eigenvalue weighted by molar-refractivity contribution is 5.64. The number of hydrogen-bond acceptors (Lipinski definition) is 0. The van der Waals surface area contributed by atoms with Crippen molar-refractivity contribution in [2.24, 2.45) is 0 Å². The first kappa shape index (κ1) is 10.7. The maximum absolute atomic E-state index is 3.75. The zero-order valence-corrected chi connectivity index (χ0v) is 9.61. The molecule has 0 saturated heterocycles. The lowest BCUT2D eigenvalue weighted by atomic mass is 10.0. The molecule has 0 atom stereocenters. The first-order chi connectivity index (χ1) is 7.79. The molecule has 0 radical (unpaired) electrons. The Morgan fingerprint density at radius 1 is 1.00 bits per heavy atom. The summed E-state index contributed by atoms with van der Waals surface area (Å²) in [6, 6.07) is 17.3. The Labute approximate surface area is 97.3 Å². The van der Waals surface area contributed by atoms with Crippen LogP contribution in [0.5, 0.6) is 0 Å². The Morgan fingerprint density at radius 2 is 1.75 bits per heavy atom. The summed E-state index contributed by atoms with van der Waals surface area (Å²) < 4.78 is 0. The van der Waals surface area contributed by atoms with Crippen LogP contribution in [0.1, 0.15) is 11.1 Å². The summed E-state index contributed by atoms with van der Waals surface area (Å²) in [5.74, 6) is 0. The van der Waals surface area contributed by atoms with Crippen molar-refractivity contribution in [3.63, 3.8) is 0 Å². The highest BCUT2D eigenvalue weighted by atomic mass is 14.0. The van der Waals surface area contributed by atoms with E-state index < -0.39 is 0 Å². The first-order valence-electron chi connectivity index (χ1n) is 5.56. The van der Waals surface area contributed by atoms with Crippen molar-refractivity contribution in [1.29, 1.82) is 0 Å². The Morgan fingerprint density at radius 3 is 2.38 bits per heavy atom. The Bertz CT molecular complexity index is 478. The second-order valence-corrected chi connectivity index (χ2v) is 4.06. The maximum Gasteiger partial charge on any atom is -0.0100 e. The molecule has 0 saturated carbocycles. The average molecular weight is 208 g/mol. The minimum atomic E-state index is 0.939. The quantitative estimate of drug-likeness (QED) is 0.656. The largest absolute Gasteiger partial charge is 0.103 e. The van der Waals surface area contributed by atoms with Gasteiger partial charge in [0, 0.05) is 0 Å². The molecule has 0 aliphatic rings. The first-order valence-corrected chi connectivity index (χ1v) is 5.56. The third-order valence-electron chi connectivity index (χ3n) is 2.69. The highest BCUT2D eigenvalue weighted by Crippen LogP contribution is 2.20. The van der Waals surface area contributed by atoms with Gasteiger partial charge in [-0.2, -0.15) is 0 Å². The van der Waals surface area contributed by atoms with E-state index in [0.29, 0.717) is 0 Å². The summed E-state index contributed by atoms with van der Waals surface area (Å²) in [4.78, 5) is 0. The number of hydrogen-bond donors (Lipinski definition) is 0. The van der Waals surface area contributed by atoms with Gasteiger partial charge in [-0.1, -0.05) is 60.2 Å². The van der Waals surface area contributed by atoms with Crippen LogP contribution in [0.2, 0.25) is 0 Å². The highest BCUT2D eigenvalue weighted by Gasteiger charge is 1.97. The van der Waals surface area contributed by atoms with Gasteiger partial charge in [-0.3, -0.25) is 0 Å². The molecule has 0 unspecified atom stereocenters. The van der Waals surface area contributed by atoms with Gasteiger partial charge < -0.3 is 0 Å². The summed E-state index contributed by atoms with van der Waals surface area (Å²) in [6.07, 6.45) is 2.87. The van der Waals surface area contributed by atoms with Crippen LogP contribution in [0, 0.1) is 6.92 Å². The summed E-state index contributed by atoms with van der Waals surface area (Å²) in [5, 5.41) is 0. The third-order valence-corrected chi connectivity index (χ3v) is 2.69. The van der Waals surface area contributed by atoms with Crippen LogP contribution in [-0.4, -0.2) is 0 Å². The van der Waals surface area contributed by atoms with Crippen LogP contribution in [0.3, 0.4) is 0 Å². The fraction of sp³-hybridized carbons (Fsp3) is 0.125. The van der Waals surface area contributed by atoms with Gasteiger partial charge in [0.1, 0.15) is 0 Å². The van der Waals surface area contributed by atoms with E-state index in [1.165, 1.54) is 22.3 Å². The molecular weight excluding hydrogens is 192 g/mol. The van der Waals surface area contributed by atoms with Crippen molar-refractivity contribution in [2.45, 2.75) is 13.3 Å².